The molecule has 0 fully saturated rings. The van der Waals surface area contributed by atoms with Gasteiger partial charge in [-0.2, -0.15) is 0 Å². The standard InChI is InChI=1S/C17H14F4N6O4S2/c18-12-6-10(7-13(19)16(12)32(28,29)26-24-22)4-2-1-3-5-11-8-14(20)17(15(21)9-11)33(30,31)27-25-23/h6-9H,1-5H2. The van der Waals surface area contributed by atoms with Gasteiger partial charge in [0, 0.05) is 18.9 Å². The maximum Gasteiger partial charge on any atom is 0.270 e. The largest absolute Gasteiger partial charge is 0.270 e. The average molecular weight is 506 g/mol. The zero-order valence-corrected chi connectivity index (χ0v) is 18.1. The van der Waals surface area contributed by atoms with Crippen molar-refractivity contribution in [2.24, 2.45) is 9.04 Å². The van der Waals surface area contributed by atoms with Gasteiger partial charge in [0.05, 0.1) is 0 Å². The normalized spacial score (nSPS) is 11.5. The third-order valence-corrected chi connectivity index (χ3v) is 6.74. The highest BCUT2D eigenvalue weighted by Gasteiger charge is 2.25. The minimum atomic E-state index is -4.84. The summed E-state index contributed by atoms with van der Waals surface area (Å²) in [5, 5.41) is 0. The Hall–Kier alpha value is -3.32. The lowest BCUT2D eigenvalue weighted by atomic mass is 10.0. The second-order valence-electron chi connectivity index (χ2n) is 6.63. The summed E-state index contributed by atoms with van der Waals surface area (Å²) in [6.07, 6.45) is 1.53. The van der Waals surface area contributed by atoms with Crippen LogP contribution in [0.5, 0.6) is 0 Å². The molecule has 10 nitrogen and oxygen atoms in total. The van der Waals surface area contributed by atoms with Crippen LogP contribution in [0, 0.1) is 23.3 Å². The van der Waals surface area contributed by atoms with Crippen LogP contribution in [-0.2, 0) is 32.9 Å². The van der Waals surface area contributed by atoms with E-state index in [1.54, 1.807) is 0 Å². The molecule has 33 heavy (non-hydrogen) atoms. The molecule has 0 aliphatic carbocycles. The molecule has 0 saturated carbocycles. The fourth-order valence-corrected chi connectivity index (χ4v) is 4.60. The maximum atomic E-state index is 14.0. The molecule has 2 rings (SSSR count). The van der Waals surface area contributed by atoms with Crippen LogP contribution >= 0.6 is 0 Å². The van der Waals surface area contributed by atoms with Crippen molar-refractivity contribution in [1.29, 1.82) is 0 Å². The second-order valence-corrected chi connectivity index (χ2v) is 9.67. The highest BCUT2D eigenvalue weighted by Crippen LogP contribution is 2.25. The quantitative estimate of drug-likeness (QED) is 0.142. The molecule has 0 heterocycles. The average Bonchev–Trinajstić information content (AvgIpc) is 2.66. The molecule has 0 atom stereocenters. The van der Waals surface area contributed by atoms with Crippen LogP contribution in [0.25, 0.3) is 20.9 Å². The smallest absolute Gasteiger partial charge is 0.216 e. The van der Waals surface area contributed by atoms with Crippen molar-refractivity contribution in [3.05, 3.63) is 79.5 Å². The minimum Gasteiger partial charge on any atom is -0.216 e. The maximum absolute atomic E-state index is 14.0. The van der Waals surface area contributed by atoms with E-state index in [0.29, 0.717) is 19.3 Å². The van der Waals surface area contributed by atoms with Crippen molar-refractivity contribution in [2.45, 2.75) is 41.9 Å². The van der Waals surface area contributed by atoms with Gasteiger partial charge in [-0.25, -0.2) is 34.4 Å². The number of benzene rings is 2. The molecule has 0 aliphatic heterocycles. The third kappa shape index (κ3) is 6.35. The molecule has 0 aromatic heterocycles. The Bertz CT molecular complexity index is 1230. The van der Waals surface area contributed by atoms with E-state index in [1.807, 2.05) is 9.82 Å². The first-order valence-electron chi connectivity index (χ1n) is 9.01. The summed E-state index contributed by atoms with van der Waals surface area (Å²) >= 11 is 0. The number of unbranched alkanes of at least 4 members (excludes halogenated alkanes) is 2. The first-order chi connectivity index (χ1) is 15.4. The van der Waals surface area contributed by atoms with Gasteiger partial charge < -0.3 is 0 Å². The molecule has 0 amide bonds. The first kappa shape index (κ1) is 25.9. The molecule has 0 saturated heterocycles. The van der Waals surface area contributed by atoms with Crippen molar-refractivity contribution >= 4 is 20.0 Å². The lowest BCUT2D eigenvalue weighted by Crippen LogP contribution is -2.05. The number of azide groups is 2. The molecule has 0 radical (unpaired) electrons. The van der Waals surface area contributed by atoms with Gasteiger partial charge in [0.15, 0.2) is 0 Å². The van der Waals surface area contributed by atoms with Gasteiger partial charge in [0.2, 0.25) is 0 Å². The summed E-state index contributed by atoms with van der Waals surface area (Å²) in [7, 11) is -9.67. The Balaban J connectivity index is 2.00. The van der Waals surface area contributed by atoms with Gasteiger partial charge in [-0.15, -0.1) is 0 Å². The zero-order chi connectivity index (χ0) is 24.8. The van der Waals surface area contributed by atoms with Crippen LogP contribution in [0.2, 0.25) is 0 Å². The first-order valence-corrected chi connectivity index (χ1v) is 11.9. The Morgan fingerprint density at radius 1 is 0.636 bits per heavy atom. The molecule has 16 heteroatoms. The molecule has 176 valence electrons. The lowest BCUT2D eigenvalue weighted by Gasteiger charge is -2.08. The van der Waals surface area contributed by atoms with Gasteiger partial charge in [-0.3, -0.25) is 0 Å². The number of nitrogens with zero attached hydrogens (tertiary/aromatic N) is 6. The summed E-state index contributed by atoms with van der Waals surface area (Å²) in [5.41, 5.74) is 16.7. The van der Waals surface area contributed by atoms with E-state index in [9.17, 15) is 34.4 Å². The van der Waals surface area contributed by atoms with Crippen molar-refractivity contribution in [3.63, 3.8) is 0 Å². The molecule has 0 spiro atoms. The third-order valence-electron chi connectivity index (χ3n) is 4.35. The van der Waals surface area contributed by atoms with Crippen LogP contribution in [0.4, 0.5) is 17.6 Å². The molecule has 0 aliphatic rings. The van der Waals surface area contributed by atoms with Crippen molar-refractivity contribution in [2.75, 3.05) is 0 Å². The highest BCUT2D eigenvalue weighted by molar-refractivity contribution is 7.90. The van der Waals surface area contributed by atoms with E-state index in [1.165, 1.54) is 0 Å². The summed E-state index contributed by atoms with van der Waals surface area (Å²) in [6, 6.07) is 3.21. The van der Waals surface area contributed by atoms with Crippen molar-refractivity contribution in [3.8, 4) is 0 Å². The van der Waals surface area contributed by atoms with Crippen molar-refractivity contribution in [1.82, 2.24) is 0 Å². The number of hydrogen-bond acceptors (Lipinski definition) is 4. The molecule has 2 aromatic carbocycles. The van der Waals surface area contributed by atoms with E-state index in [0.717, 1.165) is 24.3 Å². The van der Waals surface area contributed by atoms with Crippen LogP contribution in [0.15, 0.2) is 43.1 Å². The molecular weight excluding hydrogens is 492 g/mol. The zero-order valence-electron chi connectivity index (χ0n) is 16.5. The predicted octanol–water partition coefficient (Wildman–Crippen LogP) is 5.20. The van der Waals surface area contributed by atoms with Gasteiger partial charge in [-0.1, -0.05) is 6.42 Å². The van der Waals surface area contributed by atoms with Gasteiger partial charge >= 0.3 is 0 Å². The Labute approximate surface area is 185 Å². The van der Waals surface area contributed by atoms with E-state index in [-0.39, 0.29) is 24.0 Å². The number of sulfonamides is 2. The van der Waals surface area contributed by atoms with E-state index in [2.05, 4.69) is 9.04 Å². The Morgan fingerprint density at radius 3 is 1.21 bits per heavy atom. The monoisotopic (exact) mass is 506 g/mol. The van der Waals surface area contributed by atoms with Crippen LogP contribution in [0.3, 0.4) is 0 Å². The summed E-state index contributed by atoms with van der Waals surface area (Å²) in [6.45, 7) is 0. The van der Waals surface area contributed by atoms with E-state index < -0.39 is 53.1 Å². The number of aryl methyl sites for hydroxylation is 2. The molecular formula is C17H14F4N6O4S2. The SMILES string of the molecule is [N-]=[N+]=NS(=O)(=O)c1c(F)cc(CCCCCc2cc(F)c(S(=O)(=O)N=[N+]=[N-])c(F)c2)cc1F. The summed E-state index contributed by atoms with van der Waals surface area (Å²) in [4.78, 5) is 1.36. The highest BCUT2D eigenvalue weighted by atomic mass is 32.2. The predicted molar refractivity (Wildman–Crippen MR) is 107 cm³/mol. The van der Waals surface area contributed by atoms with Crippen LogP contribution < -0.4 is 0 Å². The topological polar surface area (TPSA) is 166 Å². The number of rotatable bonds is 10. The van der Waals surface area contributed by atoms with E-state index in [4.69, 9.17) is 11.1 Å². The lowest BCUT2D eigenvalue weighted by molar-refractivity contribution is 0.515. The fraction of sp³-hybridized carbons (Fsp3) is 0.294. The Kier molecular flexibility index (Phi) is 8.28. The molecule has 0 unspecified atom stereocenters. The van der Waals surface area contributed by atoms with Crippen LogP contribution in [-0.4, -0.2) is 16.8 Å². The number of hydrogen-bond donors (Lipinski definition) is 0. The van der Waals surface area contributed by atoms with E-state index >= 15 is 0 Å². The molecule has 2 aromatic rings. The Morgan fingerprint density at radius 2 is 0.939 bits per heavy atom. The second kappa shape index (κ2) is 10.5. The van der Waals surface area contributed by atoms with Gasteiger partial charge in [-0.05, 0) is 72.1 Å². The minimum absolute atomic E-state index is 0.148. The van der Waals surface area contributed by atoms with Crippen LogP contribution in [0.1, 0.15) is 30.4 Å². The molecule has 0 bridgehead atoms. The fourth-order valence-electron chi connectivity index (χ4n) is 3.02. The summed E-state index contributed by atoms with van der Waals surface area (Å²) < 4.78 is 107. The van der Waals surface area contributed by atoms with Crippen molar-refractivity contribution < 1.29 is 34.4 Å². The molecule has 0 N–H and O–H groups in total. The van der Waals surface area contributed by atoms with Gasteiger partial charge in [0.25, 0.3) is 20.0 Å². The number of halogens is 4. The summed E-state index contributed by atoms with van der Waals surface area (Å²) in [5.74, 6) is -5.61. The van der Waals surface area contributed by atoms with Gasteiger partial charge in [0.1, 0.15) is 33.1 Å².